The highest BCUT2D eigenvalue weighted by molar-refractivity contribution is 5.70. The molecule has 7 heteroatoms. The van der Waals surface area contributed by atoms with Crippen LogP contribution in [-0.2, 0) is 9.47 Å². The number of nitrogens with zero attached hydrogens (tertiary/aromatic N) is 3. The molecule has 6 nitrogen and oxygen atoms in total. The van der Waals surface area contributed by atoms with Crippen LogP contribution < -0.4 is 0 Å². The molecular formula is C21H26FN3O3. The van der Waals surface area contributed by atoms with Crippen LogP contribution in [0.4, 0.5) is 9.18 Å². The first-order chi connectivity index (χ1) is 13.1. The molecule has 2 heterocycles. The first kappa shape index (κ1) is 20.2. The van der Waals surface area contributed by atoms with Crippen LogP contribution in [0.5, 0.6) is 0 Å². The van der Waals surface area contributed by atoms with E-state index in [1.807, 2.05) is 30.3 Å². The molecule has 1 aliphatic heterocycles. The van der Waals surface area contributed by atoms with Crippen LogP contribution in [0.2, 0.25) is 0 Å². The van der Waals surface area contributed by atoms with Gasteiger partial charge >= 0.3 is 6.09 Å². The Bertz CT molecular complexity index is 819. The van der Waals surface area contributed by atoms with Crippen molar-refractivity contribution in [3.05, 3.63) is 48.3 Å². The minimum atomic E-state index is -0.989. The van der Waals surface area contributed by atoms with Gasteiger partial charge in [-0.1, -0.05) is 24.3 Å². The number of rotatable bonds is 3. The minimum absolute atomic E-state index is 0.581. The molecule has 1 amide bonds. The van der Waals surface area contributed by atoms with Gasteiger partial charge in [0.1, 0.15) is 24.1 Å². The van der Waals surface area contributed by atoms with Gasteiger partial charge in [0, 0.05) is 5.56 Å². The van der Waals surface area contributed by atoms with Gasteiger partial charge in [-0.2, -0.15) is 10.2 Å². The largest absolute Gasteiger partial charge is 0.444 e. The Kier molecular flexibility index (Phi) is 5.39. The number of carbonyl (C=O) groups excluding carboxylic acids is 1. The third-order valence-corrected chi connectivity index (χ3v) is 4.58. The third kappa shape index (κ3) is 4.14. The molecule has 0 N–H and O–H groups in total. The fraction of sp³-hybridized carbons (Fsp3) is 0.476. The van der Waals surface area contributed by atoms with Crippen molar-refractivity contribution in [3.63, 3.8) is 0 Å². The fourth-order valence-electron chi connectivity index (χ4n) is 3.41. The highest BCUT2D eigenvalue weighted by Gasteiger charge is 2.51. The molecule has 28 heavy (non-hydrogen) atoms. The van der Waals surface area contributed by atoms with E-state index in [-0.39, 0.29) is 0 Å². The molecule has 3 rings (SSSR count). The normalized spacial score (nSPS) is 21.6. The quantitative estimate of drug-likeness (QED) is 0.774. The molecule has 1 saturated heterocycles. The van der Waals surface area contributed by atoms with Crippen LogP contribution in [0.1, 0.15) is 46.3 Å². The van der Waals surface area contributed by atoms with E-state index in [0.717, 1.165) is 16.7 Å². The number of amides is 1. The highest BCUT2D eigenvalue weighted by Crippen LogP contribution is 2.42. The molecule has 2 atom stereocenters. The van der Waals surface area contributed by atoms with E-state index < -0.39 is 36.2 Å². The summed E-state index contributed by atoms with van der Waals surface area (Å²) >= 11 is 0. The summed E-state index contributed by atoms with van der Waals surface area (Å²) in [6.45, 7) is 8.10. The maximum absolute atomic E-state index is 14.0. The second-order valence-corrected chi connectivity index (χ2v) is 8.31. The minimum Gasteiger partial charge on any atom is -0.444 e. The Hall–Kier alpha value is -2.54. The predicted molar refractivity (Wildman–Crippen MR) is 103 cm³/mol. The summed E-state index contributed by atoms with van der Waals surface area (Å²) in [7, 11) is 0. The van der Waals surface area contributed by atoms with E-state index in [4.69, 9.17) is 9.47 Å². The second-order valence-electron chi connectivity index (χ2n) is 8.31. The summed E-state index contributed by atoms with van der Waals surface area (Å²) < 4.78 is 25.6. The van der Waals surface area contributed by atoms with E-state index in [0.29, 0.717) is 0 Å². The molecule has 2 aromatic rings. The Morgan fingerprint density at radius 3 is 2.39 bits per heavy atom. The predicted octanol–water partition coefficient (Wildman–Crippen LogP) is 4.53. The lowest BCUT2D eigenvalue weighted by Gasteiger charge is -2.34. The van der Waals surface area contributed by atoms with Gasteiger partial charge in [-0.05, 0) is 51.8 Å². The number of aromatic nitrogens is 2. The zero-order valence-corrected chi connectivity index (χ0v) is 16.8. The highest BCUT2D eigenvalue weighted by atomic mass is 19.1. The summed E-state index contributed by atoms with van der Waals surface area (Å²) in [5.74, 6) is 0. The third-order valence-electron chi connectivity index (χ3n) is 4.58. The van der Waals surface area contributed by atoms with Crippen molar-refractivity contribution < 1.29 is 18.7 Å². The summed E-state index contributed by atoms with van der Waals surface area (Å²) in [5.41, 5.74) is 1.04. The van der Waals surface area contributed by atoms with Crippen molar-refractivity contribution in [2.24, 2.45) is 0 Å². The van der Waals surface area contributed by atoms with Gasteiger partial charge in [0.15, 0.2) is 0 Å². The number of benzene rings is 1. The van der Waals surface area contributed by atoms with Crippen LogP contribution in [0, 0.1) is 0 Å². The van der Waals surface area contributed by atoms with E-state index in [1.54, 1.807) is 47.0 Å². The SMILES string of the molecule is CC(C)(C)OC(=O)N1C(CF)C(c2ccc(-c3ccnnc3)cc2)OC1(C)C. The lowest BCUT2D eigenvalue weighted by Crippen LogP contribution is -2.50. The Balaban J connectivity index is 1.87. The molecule has 0 radical (unpaired) electrons. The molecule has 1 aromatic carbocycles. The van der Waals surface area contributed by atoms with Gasteiger partial charge in [0.25, 0.3) is 0 Å². The van der Waals surface area contributed by atoms with Gasteiger partial charge in [0.2, 0.25) is 0 Å². The van der Waals surface area contributed by atoms with Gasteiger partial charge in [-0.25, -0.2) is 9.18 Å². The molecule has 2 unspecified atom stereocenters. The summed E-state index contributed by atoms with van der Waals surface area (Å²) in [6, 6.07) is 8.72. The van der Waals surface area contributed by atoms with Crippen molar-refractivity contribution in [3.8, 4) is 11.1 Å². The lowest BCUT2D eigenvalue weighted by molar-refractivity contribution is -0.0797. The standard InChI is InChI=1S/C21H26FN3O3/c1-20(2,3)28-19(26)25-17(12-22)18(27-21(25,4)5)15-8-6-14(7-9-15)16-10-11-23-24-13-16/h6-11,13,17-18H,12H2,1-5H3. The zero-order chi connectivity index (χ0) is 20.5. The molecule has 0 saturated carbocycles. The number of carbonyl (C=O) groups is 1. The zero-order valence-electron chi connectivity index (χ0n) is 16.8. The molecular weight excluding hydrogens is 361 g/mol. The Morgan fingerprint density at radius 1 is 1.18 bits per heavy atom. The van der Waals surface area contributed by atoms with E-state index in [2.05, 4.69) is 10.2 Å². The van der Waals surface area contributed by atoms with Crippen LogP contribution in [-0.4, -0.2) is 45.2 Å². The molecule has 1 fully saturated rings. The lowest BCUT2D eigenvalue weighted by atomic mass is 9.99. The van der Waals surface area contributed by atoms with E-state index in [1.165, 1.54) is 4.90 Å². The topological polar surface area (TPSA) is 64.5 Å². The fourth-order valence-corrected chi connectivity index (χ4v) is 3.41. The number of hydrogen-bond acceptors (Lipinski definition) is 5. The maximum Gasteiger partial charge on any atom is 0.413 e. The summed E-state index contributed by atoms with van der Waals surface area (Å²) in [4.78, 5) is 14.1. The summed E-state index contributed by atoms with van der Waals surface area (Å²) in [5, 5.41) is 7.66. The van der Waals surface area contributed by atoms with Crippen LogP contribution in [0.25, 0.3) is 11.1 Å². The van der Waals surface area contributed by atoms with Crippen LogP contribution >= 0.6 is 0 Å². The maximum atomic E-state index is 14.0. The molecule has 1 aliphatic rings. The molecule has 150 valence electrons. The van der Waals surface area contributed by atoms with Gasteiger partial charge < -0.3 is 9.47 Å². The molecule has 1 aromatic heterocycles. The van der Waals surface area contributed by atoms with E-state index in [9.17, 15) is 9.18 Å². The molecule has 0 aliphatic carbocycles. The van der Waals surface area contributed by atoms with Gasteiger partial charge in [-0.15, -0.1) is 0 Å². The van der Waals surface area contributed by atoms with Crippen molar-refractivity contribution in [2.45, 2.75) is 58.1 Å². The smallest absolute Gasteiger partial charge is 0.413 e. The average Bonchev–Trinajstić information content (AvgIpc) is 2.92. The first-order valence-electron chi connectivity index (χ1n) is 9.25. The van der Waals surface area contributed by atoms with Crippen molar-refractivity contribution in [1.82, 2.24) is 15.1 Å². The summed E-state index contributed by atoms with van der Waals surface area (Å²) in [6.07, 6.45) is 2.14. The van der Waals surface area contributed by atoms with Crippen LogP contribution in [0.15, 0.2) is 42.7 Å². The van der Waals surface area contributed by atoms with Gasteiger partial charge in [-0.3, -0.25) is 4.90 Å². The monoisotopic (exact) mass is 387 g/mol. The Morgan fingerprint density at radius 2 is 1.86 bits per heavy atom. The molecule has 0 spiro atoms. The number of alkyl halides is 1. The first-order valence-corrected chi connectivity index (χ1v) is 9.25. The Labute approximate surface area is 164 Å². The number of hydrogen-bond donors (Lipinski definition) is 0. The molecule has 0 bridgehead atoms. The second kappa shape index (κ2) is 7.47. The number of halogens is 1. The van der Waals surface area contributed by atoms with Crippen molar-refractivity contribution in [1.29, 1.82) is 0 Å². The van der Waals surface area contributed by atoms with Crippen LogP contribution in [0.3, 0.4) is 0 Å². The van der Waals surface area contributed by atoms with Crippen molar-refractivity contribution >= 4 is 6.09 Å². The van der Waals surface area contributed by atoms with Gasteiger partial charge in [0.05, 0.1) is 18.4 Å². The van der Waals surface area contributed by atoms with E-state index >= 15 is 0 Å². The average molecular weight is 387 g/mol. The number of ether oxygens (including phenoxy) is 2. The van der Waals surface area contributed by atoms with Crippen molar-refractivity contribution in [2.75, 3.05) is 6.67 Å².